The van der Waals surface area contributed by atoms with Gasteiger partial charge in [-0.15, -0.1) is 0 Å². The first-order valence-corrected chi connectivity index (χ1v) is 5.24. The average molecular weight is 205 g/mol. The molecule has 2 rings (SSSR count). The molecule has 0 saturated heterocycles. The SMILES string of the molecule is CCOC(C)N1Cc2ccccc2C1=O. The molecule has 3 nitrogen and oxygen atoms in total. The van der Waals surface area contributed by atoms with E-state index in [1.807, 2.05) is 38.1 Å². The van der Waals surface area contributed by atoms with Crippen LogP contribution in [0.4, 0.5) is 0 Å². The summed E-state index contributed by atoms with van der Waals surface area (Å²) in [5.41, 5.74) is 1.90. The summed E-state index contributed by atoms with van der Waals surface area (Å²) in [6.45, 7) is 5.13. The van der Waals surface area contributed by atoms with E-state index in [-0.39, 0.29) is 12.1 Å². The number of rotatable bonds is 3. The monoisotopic (exact) mass is 205 g/mol. The van der Waals surface area contributed by atoms with Gasteiger partial charge in [-0.1, -0.05) is 18.2 Å². The fraction of sp³-hybridized carbons (Fsp3) is 0.417. The Morgan fingerprint density at radius 1 is 1.47 bits per heavy atom. The van der Waals surface area contributed by atoms with Crippen molar-refractivity contribution in [2.75, 3.05) is 6.61 Å². The van der Waals surface area contributed by atoms with Crippen molar-refractivity contribution in [3.8, 4) is 0 Å². The Hall–Kier alpha value is -1.35. The van der Waals surface area contributed by atoms with Crippen LogP contribution in [0.1, 0.15) is 29.8 Å². The smallest absolute Gasteiger partial charge is 0.256 e. The number of hydrogen-bond donors (Lipinski definition) is 0. The summed E-state index contributed by atoms with van der Waals surface area (Å²) < 4.78 is 5.43. The molecule has 15 heavy (non-hydrogen) atoms. The van der Waals surface area contributed by atoms with Crippen LogP contribution in [0.5, 0.6) is 0 Å². The molecule has 0 N–H and O–H groups in total. The number of carbonyl (C=O) groups is 1. The molecule has 0 aromatic heterocycles. The first-order chi connectivity index (χ1) is 7.24. The fourth-order valence-electron chi connectivity index (χ4n) is 1.90. The number of ether oxygens (including phenoxy) is 1. The van der Waals surface area contributed by atoms with Crippen molar-refractivity contribution in [1.29, 1.82) is 0 Å². The van der Waals surface area contributed by atoms with Crippen molar-refractivity contribution in [3.05, 3.63) is 35.4 Å². The average Bonchev–Trinajstić information content (AvgIpc) is 2.57. The molecule has 0 spiro atoms. The summed E-state index contributed by atoms with van der Waals surface area (Å²) >= 11 is 0. The van der Waals surface area contributed by atoms with E-state index in [1.54, 1.807) is 4.90 Å². The Balaban J connectivity index is 2.20. The molecular formula is C12H15NO2. The summed E-state index contributed by atoms with van der Waals surface area (Å²) in [6, 6.07) is 7.72. The molecule has 0 radical (unpaired) electrons. The van der Waals surface area contributed by atoms with Gasteiger partial charge in [-0.05, 0) is 25.5 Å². The highest BCUT2D eigenvalue weighted by molar-refractivity contribution is 5.98. The van der Waals surface area contributed by atoms with Gasteiger partial charge in [0.2, 0.25) is 0 Å². The van der Waals surface area contributed by atoms with Gasteiger partial charge in [-0.3, -0.25) is 4.79 Å². The summed E-state index contributed by atoms with van der Waals surface area (Å²) in [4.78, 5) is 13.7. The Bertz CT molecular complexity index is 376. The van der Waals surface area contributed by atoms with E-state index >= 15 is 0 Å². The Morgan fingerprint density at radius 2 is 2.20 bits per heavy atom. The van der Waals surface area contributed by atoms with Crippen molar-refractivity contribution >= 4 is 5.91 Å². The van der Waals surface area contributed by atoms with Gasteiger partial charge in [0.05, 0.1) is 0 Å². The van der Waals surface area contributed by atoms with Crippen LogP contribution in [0.25, 0.3) is 0 Å². The van der Waals surface area contributed by atoms with E-state index in [2.05, 4.69) is 0 Å². The second-order valence-corrected chi connectivity index (χ2v) is 3.64. The lowest BCUT2D eigenvalue weighted by atomic mass is 10.1. The molecule has 1 amide bonds. The molecule has 0 bridgehead atoms. The van der Waals surface area contributed by atoms with Crippen LogP contribution in [0.3, 0.4) is 0 Å². The van der Waals surface area contributed by atoms with E-state index in [4.69, 9.17) is 4.74 Å². The third-order valence-corrected chi connectivity index (χ3v) is 2.70. The van der Waals surface area contributed by atoms with Gasteiger partial charge >= 0.3 is 0 Å². The number of amides is 1. The minimum absolute atomic E-state index is 0.0755. The van der Waals surface area contributed by atoms with E-state index in [0.717, 1.165) is 11.1 Å². The summed E-state index contributed by atoms with van der Waals surface area (Å²) in [5, 5.41) is 0. The van der Waals surface area contributed by atoms with Gasteiger partial charge < -0.3 is 9.64 Å². The van der Waals surface area contributed by atoms with Crippen LogP contribution in [0, 0.1) is 0 Å². The lowest BCUT2D eigenvalue weighted by Gasteiger charge is -2.23. The molecule has 1 heterocycles. The van der Waals surface area contributed by atoms with Gasteiger partial charge in [0, 0.05) is 18.7 Å². The van der Waals surface area contributed by atoms with Gasteiger partial charge in [-0.25, -0.2) is 0 Å². The van der Waals surface area contributed by atoms with E-state index in [0.29, 0.717) is 13.2 Å². The Kier molecular flexibility index (Phi) is 2.73. The van der Waals surface area contributed by atoms with Crippen LogP contribution in [-0.4, -0.2) is 23.6 Å². The fourth-order valence-corrected chi connectivity index (χ4v) is 1.90. The zero-order valence-electron chi connectivity index (χ0n) is 9.06. The van der Waals surface area contributed by atoms with Crippen molar-refractivity contribution in [2.45, 2.75) is 26.6 Å². The van der Waals surface area contributed by atoms with Crippen LogP contribution < -0.4 is 0 Å². The highest BCUT2D eigenvalue weighted by atomic mass is 16.5. The summed E-state index contributed by atoms with van der Waals surface area (Å²) in [6.07, 6.45) is -0.144. The second kappa shape index (κ2) is 4.03. The summed E-state index contributed by atoms with van der Waals surface area (Å²) in [5.74, 6) is 0.0755. The predicted octanol–water partition coefficient (Wildman–Crippen LogP) is 2.02. The van der Waals surface area contributed by atoms with E-state index < -0.39 is 0 Å². The molecule has 1 unspecified atom stereocenters. The van der Waals surface area contributed by atoms with E-state index in [1.165, 1.54) is 0 Å². The Labute approximate surface area is 89.7 Å². The number of fused-ring (bicyclic) bond motifs is 1. The highest BCUT2D eigenvalue weighted by Crippen LogP contribution is 2.24. The lowest BCUT2D eigenvalue weighted by molar-refractivity contribution is -0.0291. The second-order valence-electron chi connectivity index (χ2n) is 3.64. The van der Waals surface area contributed by atoms with Gasteiger partial charge in [0.25, 0.3) is 5.91 Å². The zero-order chi connectivity index (χ0) is 10.8. The lowest BCUT2D eigenvalue weighted by Crippen LogP contribution is -2.35. The maximum absolute atomic E-state index is 12.0. The first kappa shape index (κ1) is 10.2. The quantitative estimate of drug-likeness (QED) is 0.755. The molecule has 0 aliphatic carbocycles. The molecule has 1 atom stereocenters. The number of carbonyl (C=O) groups excluding carboxylic acids is 1. The number of hydrogen-bond acceptors (Lipinski definition) is 2. The molecule has 1 aromatic rings. The third-order valence-electron chi connectivity index (χ3n) is 2.70. The molecule has 1 aromatic carbocycles. The maximum Gasteiger partial charge on any atom is 0.256 e. The third kappa shape index (κ3) is 1.75. The molecule has 1 aliphatic rings. The Morgan fingerprint density at radius 3 is 2.87 bits per heavy atom. The van der Waals surface area contributed by atoms with Crippen LogP contribution in [0.15, 0.2) is 24.3 Å². The molecule has 0 saturated carbocycles. The predicted molar refractivity (Wildman–Crippen MR) is 57.4 cm³/mol. The zero-order valence-corrected chi connectivity index (χ0v) is 9.06. The minimum Gasteiger partial charge on any atom is -0.359 e. The van der Waals surface area contributed by atoms with Crippen molar-refractivity contribution < 1.29 is 9.53 Å². The van der Waals surface area contributed by atoms with Crippen molar-refractivity contribution in [3.63, 3.8) is 0 Å². The largest absolute Gasteiger partial charge is 0.359 e. The molecule has 1 aliphatic heterocycles. The number of nitrogens with zero attached hydrogens (tertiary/aromatic N) is 1. The topological polar surface area (TPSA) is 29.5 Å². The van der Waals surface area contributed by atoms with Crippen molar-refractivity contribution in [2.24, 2.45) is 0 Å². The minimum atomic E-state index is -0.144. The number of benzene rings is 1. The normalized spacial score (nSPS) is 16.7. The van der Waals surface area contributed by atoms with Crippen LogP contribution >= 0.6 is 0 Å². The molecule has 80 valence electrons. The van der Waals surface area contributed by atoms with Crippen molar-refractivity contribution in [1.82, 2.24) is 4.90 Å². The molecule has 0 fully saturated rings. The van der Waals surface area contributed by atoms with Gasteiger partial charge in [0.1, 0.15) is 6.23 Å². The first-order valence-electron chi connectivity index (χ1n) is 5.24. The van der Waals surface area contributed by atoms with Crippen LogP contribution in [-0.2, 0) is 11.3 Å². The maximum atomic E-state index is 12.0. The highest BCUT2D eigenvalue weighted by Gasteiger charge is 2.30. The van der Waals surface area contributed by atoms with E-state index in [9.17, 15) is 4.79 Å². The molecule has 3 heteroatoms. The molecular weight excluding hydrogens is 190 g/mol. The van der Waals surface area contributed by atoms with Gasteiger partial charge in [-0.2, -0.15) is 0 Å². The van der Waals surface area contributed by atoms with Crippen LogP contribution in [0.2, 0.25) is 0 Å². The van der Waals surface area contributed by atoms with Gasteiger partial charge in [0.15, 0.2) is 0 Å². The standard InChI is InChI=1S/C12H15NO2/c1-3-15-9(2)13-8-10-6-4-5-7-11(10)12(13)14/h4-7,9H,3,8H2,1-2H3. The summed E-state index contributed by atoms with van der Waals surface area (Å²) in [7, 11) is 0.